The van der Waals surface area contributed by atoms with Gasteiger partial charge in [-0.25, -0.2) is 4.98 Å². The molecule has 0 aliphatic rings. The van der Waals surface area contributed by atoms with Crippen LogP contribution in [0.25, 0.3) is 0 Å². The van der Waals surface area contributed by atoms with Crippen LogP contribution in [-0.4, -0.2) is 9.55 Å². The van der Waals surface area contributed by atoms with Gasteiger partial charge >= 0.3 is 0 Å². The van der Waals surface area contributed by atoms with Crippen molar-refractivity contribution in [3.8, 4) is 5.75 Å². The average molecular weight is 231 g/mol. The van der Waals surface area contributed by atoms with Crippen molar-refractivity contribution >= 4 is 5.69 Å². The highest BCUT2D eigenvalue weighted by Crippen LogP contribution is 2.16. The first-order valence-corrected chi connectivity index (χ1v) is 5.77. The standard InChI is InChI=1S/C13H17N3O/c1-2-6-16-10-15-8-12(16)9-17-13-5-3-4-11(14)7-13/h3-5,7-8,10H,2,6,9,14H2,1H3. The minimum atomic E-state index is 0.517. The zero-order valence-electron chi connectivity index (χ0n) is 9.97. The number of nitrogens with two attached hydrogens (primary N) is 1. The number of rotatable bonds is 5. The summed E-state index contributed by atoms with van der Waals surface area (Å²) in [4.78, 5) is 4.13. The molecular formula is C13H17N3O. The van der Waals surface area contributed by atoms with Crippen LogP contribution < -0.4 is 10.5 Å². The topological polar surface area (TPSA) is 53.1 Å². The first kappa shape index (κ1) is 11.5. The van der Waals surface area contributed by atoms with Gasteiger partial charge in [-0.1, -0.05) is 13.0 Å². The highest BCUT2D eigenvalue weighted by molar-refractivity contribution is 5.43. The van der Waals surface area contributed by atoms with Gasteiger partial charge in [-0.2, -0.15) is 0 Å². The van der Waals surface area contributed by atoms with Gasteiger partial charge in [-0.3, -0.25) is 0 Å². The summed E-state index contributed by atoms with van der Waals surface area (Å²) in [5, 5.41) is 0. The van der Waals surface area contributed by atoms with E-state index in [-0.39, 0.29) is 0 Å². The maximum atomic E-state index is 5.69. The Morgan fingerprint density at radius 3 is 3.06 bits per heavy atom. The van der Waals surface area contributed by atoms with Gasteiger partial charge in [0.1, 0.15) is 12.4 Å². The SMILES string of the molecule is CCCn1cncc1COc1cccc(N)c1. The van der Waals surface area contributed by atoms with Crippen LogP contribution in [0.3, 0.4) is 0 Å². The fourth-order valence-corrected chi connectivity index (χ4v) is 1.67. The van der Waals surface area contributed by atoms with Crippen molar-refractivity contribution in [1.29, 1.82) is 0 Å². The molecule has 0 amide bonds. The molecule has 2 aromatic rings. The van der Waals surface area contributed by atoms with E-state index < -0.39 is 0 Å². The Hall–Kier alpha value is -1.97. The van der Waals surface area contributed by atoms with E-state index in [1.54, 1.807) is 0 Å². The molecule has 0 fully saturated rings. The minimum Gasteiger partial charge on any atom is -0.487 e. The summed E-state index contributed by atoms with van der Waals surface area (Å²) >= 11 is 0. The van der Waals surface area contributed by atoms with E-state index in [1.165, 1.54) is 0 Å². The number of hydrogen-bond acceptors (Lipinski definition) is 3. The molecule has 1 heterocycles. The quantitative estimate of drug-likeness (QED) is 0.804. The van der Waals surface area contributed by atoms with E-state index in [9.17, 15) is 0 Å². The second kappa shape index (κ2) is 5.39. The van der Waals surface area contributed by atoms with Crippen molar-refractivity contribution in [2.45, 2.75) is 26.5 Å². The van der Waals surface area contributed by atoms with Gasteiger partial charge in [0.25, 0.3) is 0 Å². The number of benzene rings is 1. The van der Waals surface area contributed by atoms with Crippen LogP contribution in [0.15, 0.2) is 36.8 Å². The van der Waals surface area contributed by atoms with E-state index in [4.69, 9.17) is 10.5 Å². The largest absolute Gasteiger partial charge is 0.487 e. The lowest BCUT2D eigenvalue weighted by Crippen LogP contribution is -2.05. The van der Waals surface area contributed by atoms with Gasteiger partial charge in [-0.05, 0) is 18.6 Å². The summed E-state index contributed by atoms with van der Waals surface area (Å²) in [6.45, 7) is 3.63. The van der Waals surface area contributed by atoms with Gasteiger partial charge in [0, 0.05) is 18.3 Å². The molecule has 0 radical (unpaired) electrons. The molecule has 2 N–H and O–H groups in total. The highest BCUT2D eigenvalue weighted by atomic mass is 16.5. The number of nitrogen functional groups attached to an aromatic ring is 1. The first-order valence-electron chi connectivity index (χ1n) is 5.77. The molecule has 0 saturated heterocycles. The maximum Gasteiger partial charge on any atom is 0.130 e. The van der Waals surface area contributed by atoms with E-state index in [2.05, 4.69) is 16.5 Å². The lowest BCUT2D eigenvalue weighted by atomic mass is 10.3. The zero-order valence-corrected chi connectivity index (χ0v) is 9.97. The second-order valence-electron chi connectivity index (χ2n) is 3.94. The average Bonchev–Trinajstić information content (AvgIpc) is 2.75. The minimum absolute atomic E-state index is 0.517. The van der Waals surface area contributed by atoms with Gasteiger partial charge in [-0.15, -0.1) is 0 Å². The van der Waals surface area contributed by atoms with Gasteiger partial charge in [0.05, 0.1) is 18.2 Å². The lowest BCUT2D eigenvalue weighted by Gasteiger charge is -2.09. The molecule has 17 heavy (non-hydrogen) atoms. The lowest BCUT2D eigenvalue weighted by molar-refractivity contribution is 0.295. The fraction of sp³-hybridized carbons (Fsp3) is 0.308. The molecule has 0 aliphatic heterocycles. The zero-order chi connectivity index (χ0) is 12.1. The maximum absolute atomic E-state index is 5.69. The third kappa shape index (κ3) is 3.00. The predicted octanol–water partition coefficient (Wildman–Crippen LogP) is 2.45. The Morgan fingerprint density at radius 2 is 2.29 bits per heavy atom. The van der Waals surface area contributed by atoms with Crippen LogP contribution in [-0.2, 0) is 13.2 Å². The van der Waals surface area contributed by atoms with Gasteiger partial charge in [0.15, 0.2) is 0 Å². The molecule has 0 unspecified atom stereocenters. The molecule has 0 bridgehead atoms. The Bertz CT molecular complexity index is 479. The van der Waals surface area contributed by atoms with Crippen molar-refractivity contribution in [2.24, 2.45) is 0 Å². The van der Waals surface area contributed by atoms with E-state index in [0.717, 1.165) is 24.4 Å². The molecule has 0 aliphatic carbocycles. The third-order valence-corrected chi connectivity index (χ3v) is 2.51. The monoisotopic (exact) mass is 231 g/mol. The van der Waals surface area contributed by atoms with Crippen molar-refractivity contribution in [2.75, 3.05) is 5.73 Å². The van der Waals surface area contributed by atoms with Crippen molar-refractivity contribution in [3.05, 3.63) is 42.5 Å². The molecule has 1 aromatic carbocycles. The smallest absolute Gasteiger partial charge is 0.130 e. The van der Waals surface area contributed by atoms with Crippen LogP contribution in [0.4, 0.5) is 5.69 Å². The Kier molecular flexibility index (Phi) is 3.65. The van der Waals surface area contributed by atoms with Crippen molar-refractivity contribution < 1.29 is 4.74 Å². The fourth-order valence-electron chi connectivity index (χ4n) is 1.67. The molecule has 4 nitrogen and oxygen atoms in total. The molecule has 4 heteroatoms. The van der Waals surface area contributed by atoms with E-state index in [0.29, 0.717) is 12.3 Å². The van der Waals surface area contributed by atoms with Crippen molar-refractivity contribution in [1.82, 2.24) is 9.55 Å². The number of aryl methyl sites for hydroxylation is 1. The first-order chi connectivity index (χ1) is 8.29. The molecule has 90 valence electrons. The summed E-state index contributed by atoms with van der Waals surface area (Å²) < 4.78 is 7.78. The van der Waals surface area contributed by atoms with Crippen LogP contribution in [0, 0.1) is 0 Å². The predicted molar refractivity (Wildman–Crippen MR) is 67.7 cm³/mol. The number of anilines is 1. The summed E-state index contributed by atoms with van der Waals surface area (Å²) in [7, 11) is 0. The Balaban J connectivity index is 1.99. The summed E-state index contributed by atoms with van der Waals surface area (Å²) in [5.74, 6) is 0.786. The third-order valence-electron chi connectivity index (χ3n) is 2.51. The molecule has 0 atom stereocenters. The van der Waals surface area contributed by atoms with Crippen LogP contribution in [0.5, 0.6) is 5.75 Å². The van der Waals surface area contributed by atoms with Gasteiger partial charge in [0.2, 0.25) is 0 Å². The summed E-state index contributed by atoms with van der Waals surface area (Å²) in [6.07, 6.45) is 4.76. The number of hydrogen-bond donors (Lipinski definition) is 1. The van der Waals surface area contributed by atoms with E-state index >= 15 is 0 Å². The van der Waals surface area contributed by atoms with Crippen LogP contribution in [0.2, 0.25) is 0 Å². The number of ether oxygens (including phenoxy) is 1. The number of imidazole rings is 1. The molecule has 0 spiro atoms. The highest BCUT2D eigenvalue weighted by Gasteiger charge is 2.02. The summed E-state index contributed by atoms with van der Waals surface area (Å²) in [5.41, 5.74) is 7.48. The normalized spacial score (nSPS) is 10.4. The number of nitrogens with zero attached hydrogens (tertiary/aromatic N) is 2. The van der Waals surface area contributed by atoms with Crippen molar-refractivity contribution in [3.63, 3.8) is 0 Å². The Morgan fingerprint density at radius 1 is 1.41 bits per heavy atom. The summed E-state index contributed by atoms with van der Waals surface area (Å²) in [6, 6.07) is 7.44. The van der Waals surface area contributed by atoms with Crippen LogP contribution >= 0.6 is 0 Å². The van der Waals surface area contributed by atoms with E-state index in [1.807, 2.05) is 36.8 Å². The molecular weight excluding hydrogens is 214 g/mol. The van der Waals surface area contributed by atoms with Gasteiger partial charge < -0.3 is 15.0 Å². The number of aromatic nitrogens is 2. The molecule has 0 saturated carbocycles. The Labute approximate surface area is 101 Å². The second-order valence-corrected chi connectivity index (χ2v) is 3.94. The van der Waals surface area contributed by atoms with Crippen LogP contribution in [0.1, 0.15) is 19.0 Å². The molecule has 1 aromatic heterocycles. The molecule has 2 rings (SSSR count).